The third kappa shape index (κ3) is 4.67. The molecular formula is C18H23N5O2. The number of para-hydroxylation sites is 1. The molecule has 0 aliphatic carbocycles. The van der Waals surface area contributed by atoms with E-state index in [1.165, 1.54) is 6.07 Å². The second-order valence-electron chi connectivity index (χ2n) is 6.00. The summed E-state index contributed by atoms with van der Waals surface area (Å²) in [4.78, 5) is 25.2. The van der Waals surface area contributed by atoms with Gasteiger partial charge < -0.3 is 15.3 Å². The number of anilines is 1. The highest BCUT2D eigenvalue weighted by Crippen LogP contribution is 2.15. The smallest absolute Gasteiger partial charge is 0.255 e. The van der Waals surface area contributed by atoms with Gasteiger partial charge in [0.15, 0.2) is 0 Å². The number of hydrogen-bond donors (Lipinski definition) is 2. The molecule has 2 N–H and O–H groups in total. The zero-order chi connectivity index (χ0) is 17.5. The number of nitrogens with one attached hydrogen (secondary N) is 1. The van der Waals surface area contributed by atoms with Gasteiger partial charge >= 0.3 is 0 Å². The van der Waals surface area contributed by atoms with Crippen molar-refractivity contribution in [1.29, 1.82) is 0 Å². The van der Waals surface area contributed by atoms with Crippen molar-refractivity contribution >= 4 is 11.9 Å². The monoisotopic (exact) mass is 341 g/mol. The van der Waals surface area contributed by atoms with Gasteiger partial charge in [0.2, 0.25) is 5.95 Å². The van der Waals surface area contributed by atoms with Crippen molar-refractivity contribution < 1.29 is 9.90 Å². The number of aromatic nitrogens is 2. The van der Waals surface area contributed by atoms with E-state index in [2.05, 4.69) is 25.1 Å². The van der Waals surface area contributed by atoms with Crippen LogP contribution < -0.4 is 10.2 Å². The molecule has 0 saturated carbocycles. The summed E-state index contributed by atoms with van der Waals surface area (Å²) >= 11 is 0. The largest absolute Gasteiger partial charge is 0.507 e. The molecule has 1 aromatic heterocycles. The standard InChI is InChI=1S/C18H23N5O2/c24-16-6-2-1-5-15(16)17(25)19-9-4-10-22-11-13-23(14-12-22)18-20-7-3-8-21-18/h1-3,5-8,24H,4,9-14H2,(H,19,25). The normalized spacial score (nSPS) is 15.1. The molecule has 0 unspecified atom stereocenters. The Bertz CT molecular complexity index is 687. The predicted octanol–water partition coefficient (Wildman–Crippen LogP) is 1.12. The maximum absolute atomic E-state index is 12.0. The van der Waals surface area contributed by atoms with Gasteiger partial charge in [0, 0.05) is 45.1 Å². The molecule has 1 fully saturated rings. The fraction of sp³-hybridized carbons (Fsp3) is 0.389. The molecule has 1 saturated heterocycles. The number of aromatic hydroxyl groups is 1. The van der Waals surface area contributed by atoms with Crippen molar-refractivity contribution in [2.75, 3.05) is 44.2 Å². The van der Waals surface area contributed by atoms with Crippen molar-refractivity contribution in [3.8, 4) is 5.75 Å². The van der Waals surface area contributed by atoms with Gasteiger partial charge in [0.05, 0.1) is 5.56 Å². The molecule has 7 heteroatoms. The molecule has 0 atom stereocenters. The van der Waals surface area contributed by atoms with E-state index in [-0.39, 0.29) is 11.7 Å². The quantitative estimate of drug-likeness (QED) is 0.767. The minimum Gasteiger partial charge on any atom is -0.507 e. The Labute approximate surface area is 147 Å². The van der Waals surface area contributed by atoms with Gasteiger partial charge in [-0.05, 0) is 31.2 Å². The van der Waals surface area contributed by atoms with Gasteiger partial charge in [-0.15, -0.1) is 0 Å². The second kappa shape index (κ2) is 8.43. The summed E-state index contributed by atoms with van der Waals surface area (Å²) in [6.07, 6.45) is 4.41. The number of amides is 1. The average Bonchev–Trinajstić information content (AvgIpc) is 2.66. The molecule has 1 amide bonds. The molecule has 1 aromatic carbocycles. The van der Waals surface area contributed by atoms with E-state index < -0.39 is 0 Å². The highest BCUT2D eigenvalue weighted by Gasteiger charge is 2.18. The molecule has 1 aliphatic heterocycles. The summed E-state index contributed by atoms with van der Waals surface area (Å²) < 4.78 is 0. The molecule has 3 rings (SSSR count). The maximum Gasteiger partial charge on any atom is 0.255 e. The van der Waals surface area contributed by atoms with Crippen LogP contribution in [0, 0.1) is 0 Å². The number of phenolic OH excluding ortho intramolecular Hbond substituents is 1. The molecule has 1 aliphatic rings. The van der Waals surface area contributed by atoms with Crippen LogP contribution in [0.4, 0.5) is 5.95 Å². The fourth-order valence-electron chi connectivity index (χ4n) is 2.89. The minimum atomic E-state index is -0.232. The molecule has 0 radical (unpaired) electrons. The molecule has 132 valence electrons. The minimum absolute atomic E-state index is 0.0132. The van der Waals surface area contributed by atoms with E-state index in [1.54, 1.807) is 30.6 Å². The summed E-state index contributed by atoms with van der Waals surface area (Å²) in [5, 5.41) is 12.5. The van der Waals surface area contributed by atoms with Crippen molar-refractivity contribution in [2.24, 2.45) is 0 Å². The van der Waals surface area contributed by atoms with Gasteiger partial charge in [-0.25, -0.2) is 9.97 Å². The van der Waals surface area contributed by atoms with E-state index in [0.717, 1.165) is 45.1 Å². The number of nitrogens with zero attached hydrogens (tertiary/aromatic N) is 4. The first kappa shape index (κ1) is 17.2. The van der Waals surface area contributed by atoms with E-state index in [4.69, 9.17) is 0 Å². The lowest BCUT2D eigenvalue weighted by atomic mass is 10.2. The molecule has 25 heavy (non-hydrogen) atoms. The lowest BCUT2D eigenvalue weighted by Crippen LogP contribution is -2.47. The zero-order valence-corrected chi connectivity index (χ0v) is 14.1. The SMILES string of the molecule is O=C(NCCCN1CCN(c2ncccn2)CC1)c1ccccc1O. The van der Waals surface area contributed by atoms with Crippen LogP contribution in [0.15, 0.2) is 42.7 Å². The number of benzene rings is 1. The van der Waals surface area contributed by atoms with E-state index in [9.17, 15) is 9.90 Å². The molecule has 7 nitrogen and oxygen atoms in total. The van der Waals surface area contributed by atoms with Gasteiger partial charge in [-0.1, -0.05) is 12.1 Å². The van der Waals surface area contributed by atoms with Gasteiger partial charge in [-0.2, -0.15) is 0 Å². The summed E-state index contributed by atoms with van der Waals surface area (Å²) in [5.74, 6) is 0.570. The van der Waals surface area contributed by atoms with Crippen LogP contribution in [0.1, 0.15) is 16.8 Å². The van der Waals surface area contributed by atoms with Crippen LogP contribution >= 0.6 is 0 Å². The molecule has 0 bridgehead atoms. The first-order valence-electron chi connectivity index (χ1n) is 8.54. The average molecular weight is 341 g/mol. The fourth-order valence-corrected chi connectivity index (χ4v) is 2.89. The first-order valence-corrected chi connectivity index (χ1v) is 8.54. The Morgan fingerprint density at radius 1 is 1.08 bits per heavy atom. The van der Waals surface area contributed by atoms with Crippen LogP contribution in [0.5, 0.6) is 5.75 Å². The number of carbonyl (C=O) groups excluding carboxylic acids is 1. The summed E-state index contributed by atoms with van der Waals surface area (Å²) in [7, 11) is 0. The Morgan fingerprint density at radius 3 is 2.52 bits per heavy atom. The number of hydrogen-bond acceptors (Lipinski definition) is 6. The number of carbonyl (C=O) groups is 1. The Morgan fingerprint density at radius 2 is 1.80 bits per heavy atom. The summed E-state index contributed by atoms with van der Waals surface area (Å²) in [6, 6.07) is 8.40. The van der Waals surface area contributed by atoms with Crippen LogP contribution in [-0.2, 0) is 0 Å². The zero-order valence-electron chi connectivity index (χ0n) is 14.1. The highest BCUT2D eigenvalue weighted by molar-refractivity contribution is 5.96. The van der Waals surface area contributed by atoms with Crippen LogP contribution in [0.2, 0.25) is 0 Å². The molecule has 2 aromatic rings. The van der Waals surface area contributed by atoms with Gasteiger partial charge in [0.1, 0.15) is 5.75 Å². The Kier molecular flexibility index (Phi) is 5.79. The third-order valence-corrected chi connectivity index (χ3v) is 4.29. The van der Waals surface area contributed by atoms with E-state index in [0.29, 0.717) is 12.1 Å². The highest BCUT2D eigenvalue weighted by atomic mass is 16.3. The molecule has 2 heterocycles. The van der Waals surface area contributed by atoms with Crippen LogP contribution in [0.3, 0.4) is 0 Å². The van der Waals surface area contributed by atoms with Crippen LogP contribution in [0.25, 0.3) is 0 Å². The topological polar surface area (TPSA) is 81.6 Å². The number of piperazine rings is 1. The summed E-state index contributed by atoms with van der Waals surface area (Å²) in [5.41, 5.74) is 0.318. The maximum atomic E-state index is 12.0. The lowest BCUT2D eigenvalue weighted by molar-refractivity contribution is 0.0949. The first-order chi connectivity index (χ1) is 12.2. The van der Waals surface area contributed by atoms with E-state index in [1.807, 2.05) is 6.07 Å². The Hall–Kier alpha value is -2.67. The van der Waals surface area contributed by atoms with E-state index >= 15 is 0 Å². The number of rotatable bonds is 6. The third-order valence-electron chi connectivity index (χ3n) is 4.29. The van der Waals surface area contributed by atoms with Gasteiger partial charge in [0.25, 0.3) is 5.91 Å². The van der Waals surface area contributed by atoms with Crippen molar-refractivity contribution in [3.63, 3.8) is 0 Å². The van der Waals surface area contributed by atoms with Crippen molar-refractivity contribution in [3.05, 3.63) is 48.3 Å². The lowest BCUT2D eigenvalue weighted by Gasteiger charge is -2.34. The predicted molar refractivity (Wildman–Crippen MR) is 95.7 cm³/mol. The number of phenols is 1. The van der Waals surface area contributed by atoms with Crippen molar-refractivity contribution in [2.45, 2.75) is 6.42 Å². The van der Waals surface area contributed by atoms with Crippen molar-refractivity contribution in [1.82, 2.24) is 20.2 Å². The Balaban J connectivity index is 1.35. The summed E-state index contributed by atoms with van der Waals surface area (Å²) in [6.45, 7) is 5.28. The molecular weight excluding hydrogens is 318 g/mol. The van der Waals surface area contributed by atoms with Gasteiger partial charge in [-0.3, -0.25) is 9.69 Å². The van der Waals surface area contributed by atoms with Crippen LogP contribution in [-0.4, -0.2) is 65.2 Å². The molecule has 0 spiro atoms. The second-order valence-corrected chi connectivity index (χ2v) is 6.00.